The van der Waals surface area contributed by atoms with Gasteiger partial charge in [0.15, 0.2) is 0 Å². The average Bonchev–Trinajstić information content (AvgIpc) is 2.21. The Kier molecular flexibility index (Phi) is 6.21. The minimum absolute atomic E-state index is 0.157. The van der Waals surface area contributed by atoms with Gasteiger partial charge in [0, 0.05) is 18.9 Å². The molecule has 15 heteroatoms. The molecule has 0 aromatic heterocycles. The van der Waals surface area contributed by atoms with Crippen LogP contribution in [0.4, 0.5) is 43.9 Å². The fraction of sp³-hybridized carbons (Fsp3) is 1.00. The first-order valence-electron chi connectivity index (χ1n) is 5.40. The Morgan fingerprint density at radius 2 is 1.09 bits per heavy atom. The summed E-state index contributed by atoms with van der Waals surface area (Å²) in [7, 11) is -5.50. The summed E-state index contributed by atoms with van der Waals surface area (Å²) in [6.45, 7) is 0. The summed E-state index contributed by atoms with van der Waals surface area (Å²) in [5.41, 5.74) is 0. The van der Waals surface area contributed by atoms with Gasteiger partial charge in [-0.15, -0.1) is 0 Å². The molecule has 140 valence electrons. The molecule has 0 aliphatic rings. The molecule has 0 fully saturated rings. The predicted molar refractivity (Wildman–Crippen MR) is 54.8 cm³/mol. The van der Waals surface area contributed by atoms with E-state index in [1.165, 1.54) is 0 Å². The highest BCUT2D eigenvalue weighted by molar-refractivity contribution is 7.49. The maximum Gasteiger partial charge on any atom is 0.453 e. The van der Waals surface area contributed by atoms with Gasteiger partial charge in [-0.05, 0) is 7.05 Å². The lowest BCUT2D eigenvalue weighted by Crippen LogP contribution is -2.48. The number of hydrogen-bond acceptors (Lipinski definition) is 1. The summed E-state index contributed by atoms with van der Waals surface area (Å²) < 4.78 is 134. The predicted octanol–water partition coefficient (Wildman–Crippen LogP) is 3.55. The van der Waals surface area contributed by atoms with Gasteiger partial charge in [0.25, 0.3) is 0 Å². The van der Waals surface area contributed by atoms with Crippen molar-refractivity contribution in [3.8, 4) is 0 Å². The van der Waals surface area contributed by atoms with Crippen molar-refractivity contribution in [1.29, 1.82) is 0 Å². The molecule has 0 radical (unpaired) electrons. The molecule has 2 N–H and O–H groups in total. The molecule has 0 aromatic carbocycles. The number of nitrogens with zero attached hydrogens (tertiary/aromatic N) is 1. The first-order valence-corrected chi connectivity index (χ1v) is 6.97. The number of alkyl halides is 10. The van der Waals surface area contributed by atoms with Crippen molar-refractivity contribution in [2.45, 2.75) is 43.1 Å². The van der Waals surface area contributed by atoms with Gasteiger partial charge in [-0.2, -0.15) is 43.9 Å². The van der Waals surface area contributed by atoms with E-state index >= 15 is 0 Å². The Hall–Kier alpha value is -0.590. The lowest BCUT2D eigenvalue weighted by molar-refractivity contribution is -0.300. The van der Waals surface area contributed by atoms with E-state index in [9.17, 15) is 48.5 Å². The quantitative estimate of drug-likeness (QED) is 0.539. The molecule has 0 aliphatic carbocycles. The van der Waals surface area contributed by atoms with Crippen molar-refractivity contribution >= 4 is 7.75 Å². The first kappa shape index (κ1) is 22.4. The Bertz CT molecular complexity index is 428. The Labute approximate surface area is 122 Å². The molecule has 23 heavy (non-hydrogen) atoms. The molecule has 0 aliphatic heterocycles. The monoisotopic (exact) mass is 389 g/mol. The van der Waals surface area contributed by atoms with Gasteiger partial charge in [0.2, 0.25) is 0 Å². The zero-order chi connectivity index (χ0) is 19.1. The maximum atomic E-state index is 12.9. The third kappa shape index (κ3) is 5.76. The SMILES string of the molecule is CN(C(CC(F)(F)C(F)(F)F)CC(F)(F)C(F)(F)F)P(=O)(O)O. The topological polar surface area (TPSA) is 60.8 Å². The van der Waals surface area contributed by atoms with Crippen molar-refractivity contribution in [3.63, 3.8) is 0 Å². The summed E-state index contributed by atoms with van der Waals surface area (Å²) in [6, 6.07) is -3.11. The van der Waals surface area contributed by atoms with Gasteiger partial charge in [0.05, 0.1) is 0 Å². The van der Waals surface area contributed by atoms with Crippen LogP contribution in [0.5, 0.6) is 0 Å². The lowest BCUT2D eigenvalue weighted by Gasteiger charge is -2.34. The highest BCUT2D eigenvalue weighted by Gasteiger charge is 2.63. The zero-order valence-corrected chi connectivity index (χ0v) is 11.9. The Balaban J connectivity index is 5.66. The molecule has 0 amide bonds. The van der Waals surface area contributed by atoms with Crippen LogP contribution in [-0.2, 0) is 4.57 Å². The van der Waals surface area contributed by atoms with E-state index in [1.54, 1.807) is 0 Å². The summed E-state index contributed by atoms with van der Waals surface area (Å²) in [5, 5.41) is 0. The van der Waals surface area contributed by atoms with Gasteiger partial charge in [-0.3, -0.25) is 0 Å². The van der Waals surface area contributed by atoms with E-state index in [4.69, 9.17) is 9.79 Å². The molecule has 0 saturated heterocycles. The summed E-state index contributed by atoms with van der Waals surface area (Å²) in [6.07, 6.45) is -18.0. The van der Waals surface area contributed by atoms with Crippen LogP contribution in [0.25, 0.3) is 0 Å². The summed E-state index contributed by atoms with van der Waals surface area (Å²) in [5.74, 6) is -11.5. The second-order valence-corrected chi connectivity index (χ2v) is 6.21. The van der Waals surface area contributed by atoms with E-state index in [0.717, 1.165) is 0 Å². The Morgan fingerprint density at radius 1 is 0.826 bits per heavy atom. The van der Waals surface area contributed by atoms with E-state index in [0.29, 0.717) is 0 Å². The molecular formula is C8H10F10NO3P. The van der Waals surface area contributed by atoms with Gasteiger partial charge in [0.1, 0.15) is 0 Å². The van der Waals surface area contributed by atoms with Crippen molar-refractivity contribution in [2.75, 3.05) is 7.05 Å². The molecule has 4 nitrogen and oxygen atoms in total. The highest BCUT2D eigenvalue weighted by atomic mass is 31.2. The van der Waals surface area contributed by atoms with Crippen LogP contribution in [0.2, 0.25) is 0 Å². The van der Waals surface area contributed by atoms with Gasteiger partial charge >= 0.3 is 31.9 Å². The maximum absolute atomic E-state index is 12.9. The van der Waals surface area contributed by atoms with Gasteiger partial charge in [-0.25, -0.2) is 9.24 Å². The molecule has 0 bridgehead atoms. The molecule has 0 rings (SSSR count). The fourth-order valence-corrected chi connectivity index (χ4v) is 1.96. The minimum atomic E-state index is -6.30. The summed E-state index contributed by atoms with van der Waals surface area (Å²) in [4.78, 5) is 17.3. The van der Waals surface area contributed by atoms with E-state index in [-0.39, 0.29) is 7.05 Å². The number of halogens is 10. The number of hydrogen-bond donors (Lipinski definition) is 2. The van der Waals surface area contributed by atoms with Crippen LogP contribution < -0.4 is 0 Å². The van der Waals surface area contributed by atoms with Crippen LogP contribution in [-0.4, -0.2) is 51.7 Å². The Morgan fingerprint density at radius 3 is 1.26 bits per heavy atom. The van der Waals surface area contributed by atoms with Crippen LogP contribution >= 0.6 is 7.75 Å². The smallest absolute Gasteiger partial charge is 0.312 e. The lowest BCUT2D eigenvalue weighted by atomic mass is 10.0. The molecule has 0 unspecified atom stereocenters. The van der Waals surface area contributed by atoms with E-state index < -0.39 is 55.5 Å². The van der Waals surface area contributed by atoms with Crippen LogP contribution in [0.1, 0.15) is 12.8 Å². The average molecular weight is 389 g/mol. The van der Waals surface area contributed by atoms with Crippen molar-refractivity contribution in [2.24, 2.45) is 0 Å². The van der Waals surface area contributed by atoms with Crippen LogP contribution in [0.3, 0.4) is 0 Å². The minimum Gasteiger partial charge on any atom is -0.312 e. The normalized spacial score (nSPS) is 15.6. The zero-order valence-electron chi connectivity index (χ0n) is 11.0. The second-order valence-electron chi connectivity index (χ2n) is 4.55. The highest BCUT2D eigenvalue weighted by Crippen LogP contribution is 2.49. The van der Waals surface area contributed by atoms with E-state index in [2.05, 4.69) is 0 Å². The molecule has 0 atom stereocenters. The molecule has 0 saturated carbocycles. The van der Waals surface area contributed by atoms with Crippen molar-refractivity contribution in [3.05, 3.63) is 0 Å². The van der Waals surface area contributed by atoms with E-state index in [1.807, 2.05) is 0 Å². The molecule has 0 heterocycles. The molecule has 0 aromatic rings. The van der Waals surface area contributed by atoms with Gasteiger partial charge < -0.3 is 9.79 Å². The van der Waals surface area contributed by atoms with Crippen LogP contribution in [0.15, 0.2) is 0 Å². The third-order valence-corrected chi connectivity index (χ3v) is 3.90. The largest absolute Gasteiger partial charge is 0.453 e. The standard InChI is InChI=1S/C8H10F10NO3P/c1-19(23(20,21)22)4(2-5(9,10)7(13,14)15)3-6(11,12)8(16,17)18/h4H,2-3H2,1H3,(H2,20,21,22). The third-order valence-electron chi connectivity index (χ3n) is 2.75. The molecular weight excluding hydrogens is 379 g/mol. The molecule has 0 spiro atoms. The second kappa shape index (κ2) is 6.37. The summed E-state index contributed by atoms with van der Waals surface area (Å²) >= 11 is 0. The van der Waals surface area contributed by atoms with Gasteiger partial charge in [-0.1, -0.05) is 0 Å². The fourth-order valence-electron chi connectivity index (χ4n) is 1.37. The van der Waals surface area contributed by atoms with Crippen LogP contribution in [0, 0.1) is 0 Å². The number of rotatable bonds is 6. The van der Waals surface area contributed by atoms with Crippen molar-refractivity contribution in [1.82, 2.24) is 4.67 Å². The van der Waals surface area contributed by atoms with Crippen molar-refractivity contribution < 1.29 is 58.3 Å². The first-order chi connectivity index (χ1) is 9.72.